The summed E-state index contributed by atoms with van der Waals surface area (Å²) < 4.78 is 0. The summed E-state index contributed by atoms with van der Waals surface area (Å²) in [7, 11) is 0. The van der Waals surface area contributed by atoms with E-state index in [1.165, 1.54) is 4.90 Å². The third kappa shape index (κ3) is 2.50. The molecule has 0 aromatic rings. The van der Waals surface area contributed by atoms with Crippen molar-refractivity contribution in [1.82, 2.24) is 10.2 Å². The van der Waals surface area contributed by atoms with E-state index in [4.69, 9.17) is 0 Å². The fourth-order valence-corrected chi connectivity index (χ4v) is 0.975. The highest BCUT2D eigenvalue weighted by Gasteiger charge is 2.18. The van der Waals surface area contributed by atoms with Crippen LogP contribution < -0.4 is 5.32 Å². The third-order valence-electron chi connectivity index (χ3n) is 1.43. The van der Waals surface area contributed by atoms with Gasteiger partial charge >= 0.3 is 0 Å². The van der Waals surface area contributed by atoms with E-state index in [-0.39, 0.29) is 19.1 Å². The van der Waals surface area contributed by atoms with Gasteiger partial charge in [-0.15, -0.1) is 0 Å². The van der Waals surface area contributed by atoms with Crippen LogP contribution in [0.1, 0.15) is 0 Å². The molecule has 1 aliphatic rings. The molecule has 0 aliphatic carbocycles. The van der Waals surface area contributed by atoms with Crippen molar-refractivity contribution in [3.8, 4) is 0 Å². The topological polar surface area (TPSA) is 75.5 Å². The number of carbonyl (C=O) groups is 1. The smallest absolute Gasteiger partial charge is 0.259 e. The summed E-state index contributed by atoms with van der Waals surface area (Å²) in [5.41, 5.74) is 0. The van der Waals surface area contributed by atoms with Crippen molar-refractivity contribution in [1.29, 1.82) is 0 Å². The lowest BCUT2D eigenvalue weighted by Gasteiger charge is -2.22. The number of amides is 1. The van der Waals surface area contributed by atoms with Crippen molar-refractivity contribution in [2.24, 2.45) is 0 Å². The van der Waals surface area contributed by atoms with E-state index in [0.717, 1.165) is 0 Å². The van der Waals surface area contributed by atoms with Crippen LogP contribution in [-0.2, 0) is 4.79 Å². The van der Waals surface area contributed by atoms with E-state index in [2.05, 4.69) is 5.32 Å². The molecule has 1 amide bonds. The van der Waals surface area contributed by atoms with Gasteiger partial charge in [0.1, 0.15) is 0 Å². The highest BCUT2D eigenvalue weighted by molar-refractivity contribution is 5.78. The Morgan fingerprint density at radius 1 is 1.73 bits per heavy atom. The number of rotatable bonds is 2. The molecule has 6 heteroatoms. The molecule has 0 bridgehead atoms. The first-order valence-corrected chi connectivity index (χ1v) is 3.29. The third-order valence-corrected chi connectivity index (χ3v) is 1.43. The molecule has 1 rings (SSSR count). The number of nitrogens with zero attached hydrogens (tertiary/aromatic N) is 2. The first kappa shape index (κ1) is 7.93. The van der Waals surface area contributed by atoms with Gasteiger partial charge in [-0.2, -0.15) is 0 Å². The second kappa shape index (κ2) is 3.29. The van der Waals surface area contributed by atoms with Crippen LogP contribution in [0.15, 0.2) is 0 Å². The largest absolute Gasteiger partial charge is 0.354 e. The molecule has 62 valence electrons. The number of piperazine rings is 1. The first-order valence-electron chi connectivity index (χ1n) is 3.29. The molecule has 11 heavy (non-hydrogen) atoms. The molecule has 0 aromatic heterocycles. The van der Waals surface area contributed by atoms with Crippen molar-refractivity contribution >= 4 is 5.91 Å². The fourth-order valence-electron chi connectivity index (χ4n) is 0.975. The molecular weight excluding hydrogens is 150 g/mol. The maximum atomic E-state index is 10.7. The average molecular weight is 159 g/mol. The number of hydrogen-bond acceptors (Lipinski definition) is 4. The van der Waals surface area contributed by atoms with Gasteiger partial charge in [0.25, 0.3) is 6.67 Å². The first-order chi connectivity index (χ1) is 5.18. The van der Waals surface area contributed by atoms with Crippen LogP contribution in [-0.4, -0.2) is 42.0 Å². The lowest BCUT2D eigenvalue weighted by molar-refractivity contribution is -0.503. The maximum Gasteiger partial charge on any atom is 0.259 e. The Balaban J connectivity index is 2.34. The van der Waals surface area contributed by atoms with Gasteiger partial charge in [-0.1, -0.05) is 0 Å². The zero-order valence-electron chi connectivity index (χ0n) is 5.95. The Bertz CT molecular complexity index is 180. The summed E-state index contributed by atoms with van der Waals surface area (Å²) in [6.07, 6.45) is 0. The molecule has 1 heterocycles. The molecule has 1 N–H and O–H groups in total. The van der Waals surface area contributed by atoms with Crippen LogP contribution in [0.4, 0.5) is 0 Å². The molecule has 0 radical (unpaired) electrons. The summed E-state index contributed by atoms with van der Waals surface area (Å²) in [6.45, 7) is 0.966. The molecule has 0 saturated carbocycles. The van der Waals surface area contributed by atoms with Crippen LogP contribution >= 0.6 is 0 Å². The Morgan fingerprint density at radius 3 is 3.00 bits per heavy atom. The molecular formula is C5H9N3O3. The van der Waals surface area contributed by atoms with E-state index in [1.807, 2.05) is 0 Å². The van der Waals surface area contributed by atoms with Gasteiger partial charge < -0.3 is 5.32 Å². The van der Waals surface area contributed by atoms with E-state index in [0.29, 0.717) is 13.1 Å². The summed E-state index contributed by atoms with van der Waals surface area (Å²) in [4.78, 5) is 21.8. The average Bonchev–Trinajstić information content (AvgIpc) is 1.85. The number of carbonyl (C=O) groups excluding carboxylic acids is 1. The van der Waals surface area contributed by atoms with Crippen molar-refractivity contribution in [2.75, 3.05) is 26.3 Å². The molecule has 1 saturated heterocycles. The minimum atomic E-state index is -0.432. The standard InChI is InChI=1S/C5H9N3O3/c9-5-3-7(2-1-6-5)4-8(10)11/h1-4H2,(H,6,9). The van der Waals surface area contributed by atoms with Crippen LogP contribution in [0.3, 0.4) is 0 Å². The Labute approximate surface area is 63.3 Å². The SMILES string of the molecule is O=C1CN(C[N+](=O)[O-])CCN1. The van der Waals surface area contributed by atoms with Gasteiger partial charge in [-0.25, -0.2) is 4.90 Å². The Kier molecular flexibility index (Phi) is 2.37. The van der Waals surface area contributed by atoms with Gasteiger partial charge in [0.05, 0.1) is 6.54 Å². The van der Waals surface area contributed by atoms with E-state index in [1.54, 1.807) is 0 Å². The number of hydrogen-bond donors (Lipinski definition) is 1. The zero-order chi connectivity index (χ0) is 8.27. The van der Waals surface area contributed by atoms with Crippen LogP contribution in [0.5, 0.6) is 0 Å². The maximum absolute atomic E-state index is 10.7. The van der Waals surface area contributed by atoms with Gasteiger partial charge in [-0.05, 0) is 0 Å². The minimum Gasteiger partial charge on any atom is -0.354 e. The number of nitrogens with one attached hydrogen (secondary N) is 1. The van der Waals surface area contributed by atoms with Crippen molar-refractivity contribution < 1.29 is 9.72 Å². The zero-order valence-corrected chi connectivity index (χ0v) is 5.95. The molecule has 1 fully saturated rings. The van der Waals surface area contributed by atoms with Gasteiger partial charge in [0.2, 0.25) is 5.91 Å². The summed E-state index contributed by atoms with van der Waals surface area (Å²) >= 11 is 0. The highest BCUT2D eigenvalue weighted by Crippen LogP contribution is 1.91. The monoisotopic (exact) mass is 159 g/mol. The highest BCUT2D eigenvalue weighted by atomic mass is 16.6. The molecule has 0 unspecified atom stereocenters. The molecule has 0 spiro atoms. The normalized spacial score (nSPS) is 19.5. The molecule has 1 aliphatic heterocycles. The quantitative estimate of drug-likeness (QED) is 0.399. The Hall–Kier alpha value is -1.17. The van der Waals surface area contributed by atoms with Gasteiger partial charge in [-0.3, -0.25) is 14.9 Å². The van der Waals surface area contributed by atoms with E-state index < -0.39 is 4.92 Å². The molecule has 0 aromatic carbocycles. The van der Waals surface area contributed by atoms with Gasteiger partial charge in [0, 0.05) is 18.0 Å². The summed E-state index contributed by atoms with van der Waals surface area (Å²) in [5, 5.41) is 12.6. The van der Waals surface area contributed by atoms with Crippen molar-refractivity contribution in [3.05, 3.63) is 10.1 Å². The summed E-state index contributed by atoms with van der Waals surface area (Å²) in [5.74, 6) is -0.141. The lowest BCUT2D eigenvalue weighted by Crippen LogP contribution is -2.49. The predicted octanol–water partition coefficient (Wildman–Crippen LogP) is -1.35. The fraction of sp³-hybridized carbons (Fsp3) is 0.800. The minimum absolute atomic E-state index is 0.140. The Morgan fingerprint density at radius 2 is 2.45 bits per heavy atom. The van der Waals surface area contributed by atoms with Crippen molar-refractivity contribution in [2.45, 2.75) is 0 Å². The predicted molar refractivity (Wildman–Crippen MR) is 36.4 cm³/mol. The van der Waals surface area contributed by atoms with E-state index in [9.17, 15) is 14.9 Å². The molecule has 0 atom stereocenters. The lowest BCUT2D eigenvalue weighted by atomic mass is 10.4. The number of nitro groups is 1. The second-order valence-corrected chi connectivity index (χ2v) is 2.38. The second-order valence-electron chi connectivity index (χ2n) is 2.38. The van der Waals surface area contributed by atoms with Gasteiger partial charge in [0.15, 0.2) is 0 Å². The van der Waals surface area contributed by atoms with Crippen molar-refractivity contribution in [3.63, 3.8) is 0 Å². The summed E-state index contributed by atoms with van der Waals surface area (Å²) in [6, 6.07) is 0. The van der Waals surface area contributed by atoms with Crippen LogP contribution in [0.25, 0.3) is 0 Å². The molecule has 6 nitrogen and oxygen atoms in total. The van der Waals surface area contributed by atoms with Crippen LogP contribution in [0, 0.1) is 10.1 Å². The van der Waals surface area contributed by atoms with Crippen LogP contribution in [0.2, 0.25) is 0 Å². The van der Waals surface area contributed by atoms with E-state index >= 15 is 0 Å².